The quantitative estimate of drug-likeness (QED) is 0.532. The van der Waals surface area contributed by atoms with Gasteiger partial charge in [-0.1, -0.05) is 18.2 Å². The Hall–Kier alpha value is -4.00. The zero-order valence-electron chi connectivity index (χ0n) is 17.5. The fourth-order valence-corrected chi connectivity index (χ4v) is 4.12. The van der Waals surface area contributed by atoms with E-state index >= 15 is 0 Å². The number of fused-ring (bicyclic) bond motifs is 1. The Kier molecular flexibility index (Phi) is 5.37. The van der Waals surface area contributed by atoms with Gasteiger partial charge in [0.2, 0.25) is 0 Å². The second kappa shape index (κ2) is 8.63. The minimum atomic E-state index is -0.113. The van der Waals surface area contributed by atoms with Crippen LogP contribution in [0.4, 0.5) is 0 Å². The highest BCUT2D eigenvalue weighted by atomic mass is 16.2. The van der Waals surface area contributed by atoms with Crippen molar-refractivity contribution in [3.63, 3.8) is 0 Å². The van der Waals surface area contributed by atoms with Crippen LogP contribution in [0.5, 0.6) is 0 Å². The summed E-state index contributed by atoms with van der Waals surface area (Å²) in [6.07, 6.45) is 8.11. The summed E-state index contributed by atoms with van der Waals surface area (Å²) in [6, 6.07) is 17.0. The third-order valence-corrected chi connectivity index (χ3v) is 5.92. The molecule has 0 bridgehead atoms. The Bertz CT molecular complexity index is 1250. The van der Waals surface area contributed by atoms with E-state index in [1.54, 1.807) is 24.5 Å². The second-order valence-electron chi connectivity index (χ2n) is 7.98. The first-order valence-electron chi connectivity index (χ1n) is 10.7. The van der Waals surface area contributed by atoms with Gasteiger partial charge in [0.15, 0.2) is 0 Å². The molecular formula is C25H23N5O2. The summed E-state index contributed by atoms with van der Waals surface area (Å²) in [7, 11) is 0. The van der Waals surface area contributed by atoms with Crippen molar-refractivity contribution in [2.24, 2.45) is 0 Å². The number of aromatic nitrogens is 3. The number of likely N-dealkylation sites (tertiary alicyclic amines) is 1. The number of pyridine rings is 2. The van der Waals surface area contributed by atoms with Gasteiger partial charge >= 0.3 is 0 Å². The van der Waals surface area contributed by atoms with Crippen molar-refractivity contribution in [3.8, 4) is 0 Å². The van der Waals surface area contributed by atoms with Gasteiger partial charge in [-0.2, -0.15) is 0 Å². The van der Waals surface area contributed by atoms with Crippen LogP contribution in [-0.4, -0.2) is 44.2 Å². The van der Waals surface area contributed by atoms with Gasteiger partial charge in [-0.05, 0) is 53.9 Å². The van der Waals surface area contributed by atoms with Crippen LogP contribution in [0.25, 0.3) is 5.65 Å². The zero-order valence-corrected chi connectivity index (χ0v) is 17.5. The van der Waals surface area contributed by atoms with Crippen LogP contribution in [0.2, 0.25) is 0 Å². The molecule has 7 nitrogen and oxygen atoms in total. The molecule has 0 spiro atoms. The maximum absolute atomic E-state index is 12.6. The van der Waals surface area contributed by atoms with E-state index in [0.29, 0.717) is 30.9 Å². The molecule has 32 heavy (non-hydrogen) atoms. The lowest BCUT2D eigenvalue weighted by molar-refractivity contribution is 0.0784. The summed E-state index contributed by atoms with van der Waals surface area (Å²) in [5.74, 6) is 0.122. The lowest BCUT2D eigenvalue weighted by Gasteiger charge is -2.16. The van der Waals surface area contributed by atoms with Gasteiger partial charge in [0.05, 0.1) is 0 Å². The predicted molar refractivity (Wildman–Crippen MR) is 120 cm³/mol. The van der Waals surface area contributed by atoms with Crippen molar-refractivity contribution in [1.29, 1.82) is 0 Å². The van der Waals surface area contributed by atoms with Gasteiger partial charge in [0.1, 0.15) is 11.3 Å². The average molecular weight is 425 g/mol. The van der Waals surface area contributed by atoms with E-state index in [4.69, 9.17) is 0 Å². The van der Waals surface area contributed by atoms with Crippen LogP contribution in [0, 0.1) is 0 Å². The molecule has 1 unspecified atom stereocenters. The fourth-order valence-electron chi connectivity index (χ4n) is 4.12. The van der Waals surface area contributed by atoms with Gasteiger partial charge in [0.25, 0.3) is 11.8 Å². The van der Waals surface area contributed by atoms with Crippen LogP contribution < -0.4 is 5.32 Å². The highest BCUT2D eigenvalue weighted by molar-refractivity contribution is 5.94. The van der Waals surface area contributed by atoms with Gasteiger partial charge in [-0.25, -0.2) is 4.98 Å². The van der Waals surface area contributed by atoms with E-state index in [0.717, 1.165) is 23.2 Å². The number of carbonyl (C=O) groups excluding carboxylic acids is 2. The molecule has 1 atom stereocenters. The molecule has 5 rings (SSSR count). The molecule has 7 heteroatoms. The summed E-state index contributed by atoms with van der Waals surface area (Å²) < 4.78 is 1.93. The van der Waals surface area contributed by atoms with E-state index in [-0.39, 0.29) is 17.7 Å². The maximum Gasteiger partial charge on any atom is 0.272 e. The number of imidazole rings is 1. The van der Waals surface area contributed by atoms with E-state index < -0.39 is 0 Å². The molecule has 1 aromatic carbocycles. The average Bonchev–Trinajstić information content (AvgIpc) is 3.52. The molecular weight excluding hydrogens is 402 g/mol. The molecule has 1 N–H and O–H groups in total. The van der Waals surface area contributed by atoms with Crippen LogP contribution in [0.1, 0.15) is 44.3 Å². The van der Waals surface area contributed by atoms with Crippen molar-refractivity contribution in [1.82, 2.24) is 24.6 Å². The fraction of sp³-hybridized carbons (Fsp3) is 0.200. The Morgan fingerprint density at radius 3 is 2.69 bits per heavy atom. The van der Waals surface area contributed by atoms with Crippen molar-refractivity contribution in [2.75, 3.05) is 13.1 Å². The highest BCUT2D eigenvalue weighted by Gasteiger charge is 2.28. The minimum Gasteiger partial charge on any atom is -0.348 e. The second-order valence-corrected chi connectivity index (χ2v) is 7.98. The summed E-state index contributed by atoms with van der Waals surface area (Å²) in [5, 5.41) is 2.97. The summed E-state index contributed by atoms with van der Waals surface area (Å²) >= 11 is 0. The monoisotopic (exact) mass is 425 g/mol. The Balaban J connectivity index is 1.18. The number of amides is 2. The summed E-state index contributed by atoms with van der Waals surface area (Å²) in [4.78, 5) is 35.5. The predicted octanol–water partition coefficient (Wildman–Crippen LogP) is 3.29. The van der Waals surface area contributed by atoms with Gasteiger partial charge in [0, 0.05) is 55.9 Å². The van der Waals surface area contributed by atoms with Gasteiger partial charge in [-0.15, -0.1) is 0 Å². The Morgan fingerprint density at radius 1 is 1.00 bits per heavy atom. The number of nitrogens with one attached hydrogen (secondary N) is 1. The molecule has 1 aliphatic rings. The van der Waals surface area contributed by atoms with Crippen LogP contribution >= 0.6 is 0 Å². The van der Waals surface area contributed by atoms with Crippen LogP contribution in [0.15, 0.2) is 79.4 Å². The van der Waals surface area contributed by atoms with Crippen LogP contribution in [-0.2, 0) is 6.54 Å². The molecule has 160 valence electrons. The molecule has 1 aliphatic heterocycles. The van der Waals surface area contributed by atoms with E-state index in [9.17, 15) is 9.59 Å². The summed E-state index contributed by atoms with van der Waals surface area (Å²) in [6.45, 7) is 1.82. The Morgan fingerprint density at radius 2 is 1.88 bits per heavy atom. The van der Waals surface area contributed by atoms with Crippen molar-refractivity contribution in [3.05, 3.63) is 102 Å². The van der Waals surface area contributed by atoms with Crippen LogP contribution in [0.3, 0.4) is 0 Å². The standard InChI is InChI=1S/C25H23N5O2/c31-24(28-16-18-8-12-29-14-11-27-23(29)15-18)20-6-4-19(5-7-20)21-9-13-30(17-21)25(32)22-3-1-2-10-26-22/h1-8,10-12,14-15,21H,9,13,16-17H2,(H,28,31). The van der Waals surface area contributed by atoms with E-state index in [2.05, 4.69) is 15.3 Å². The Labute approximate surface area is 185 Å². The third kappa shape index (κ3) is 4.09. The first-order valence-corrected chi connectivity index (χ1v) is 10.7. The maximum atomic E-state index is 12.6. The molecule has 3 aromatic heterocycles. The summed E-state index contributed by atoms with van der Waals surface area (Å²) in [5.41, 5.74) is 4.09. The first kappa shape index (κ1) is 19.9. The number of nitrogens with zero attached hydrogens (tertiary/aromatic N) is 4. The number of hydrogen-bond donors (Lipinski definition) is 1. The van der Waals surface area contributed by atoms with Crippen molar-refractivity contribution >= 4 is 17.5 Å². The molecule has 0 saturated carbocycles. The topological polar surface area (TPSA) is 79.6 Å². The van der Waals surface area contributed by atoms with Gasteiger partial charge in [-0.3, -0.25) is 14.6 Å². The molecule has 1 fully saturated rings. The number of hydrogen-bond acceptors (Lipinski definition) is 4. The van der Waals surface area contributed by atoms with Crippen molar-refractivity contribution < 1.29 is 9.59 Å². The first-order chi connectivity index (χ1) is 15.7. The van der Waals surface area contributed by atoms with E-state index in [1.165, 1.54) is 0 Å². The molecule has 4 aromatic rings. The minimum absolute atomic E-state index is 0.0300. The largest absolute Gasteiger partial charge is 0.348 e. The lowest BCUT2D eigenvalue weighted by atomic mass is 9.97. The number of benzene rings is 1. The molecule has 2 amide bonds. The highest BCUT2D eigenvalue weighted by Crippen LogP contribution is 2.28. The molecule has 1 saturated heterocycles. The molecule has 0 radical (unpaired) electrons. The molecule has 0 aliphatic carbocycles. The lowest BCUT2D eigenvalue weighted by Crippen LogP contribution is -2.29. The molecule has 4 heterocycles. The van der Waals surface area contributed by atoms with E-state index in [1.807, 2.05) is 64.2 Å². The third-order valence-electron chi connectivity index (χ3n) is 5.92. The van der Waals surface area contributed by atoms with Crippen molar-refractivity contribution in [2.45, 2.75) is 18.9 Å². The smallest absolute Gasteiger partial charge is 0.272 e. The van der Waals surface area contributed by atoms with Gasteiger partial charge < -0.3 is 14.6 Å². The number of rotatable bonds is 5. The number of carbonyl (C=O) groups is 2. The normalized spacial score (nSPS) is 15.8. The SMILES string of the molecule is O=C(NCc1ccn2ccnc2c1)c1ccc(C2CCN(C(=O)c3ccccn3)C2)cc1. The zero-order chi connectivity index (χ0) is 21.9.